The molecule has 1 aromatic carbocycles. The van der Waals surface area contributed by atoms with E-state index in [0.29, 0.717) is 16.5 Å². The highest BCUT2D eigenvalue weighted by atomic mass is 19.1. The van der Waals surface area contributed by atoms with E-state index in [1.165, 1.54) is 33.5 Å². The third kappa shape index (κ3) is 4.04. The van der Waals surface area contributed by atoms with E-state index in [4.69, 9.17) is 24.7 Å². The van der Waals surface area contributed by atoms with Crippen molar-refractivity contribution in [2.24, 2.45) is 0 Å². The van der Waals surface area contributed by atoms with Crippen LogP contribution in [0.1, 0.15) is 23.0 Å². The Balaban J connectivity index is 1.86. The van der Waals surface area contributed by atoms with Crippen LogP contribution in [0, 0.1) is 5.82 Å². The molecule has 1 aliphatic rings. The van der Waals surface area contributed by atoms with Crippen molar-refractivity contribution in [3.05, 3.63) is 40.2 Å². The summed E-state index contributed by atoms with van der Waals surface area (Å²) in [7, 11) is 4.17. The third-order valence-corrected chi connectivity index (χ3v) is 4.94. The van der Waals surface area contributed by atoms with Gasteiger partial charge in [-0.2, -0.15) is 4.98 Å². The number of halogens is 1. The van der Waals surface area contributed by atoms with Gasteiger partial charge < -0.3 is 34.9 Å². The summed E-state index contributed by atoms with van der Waals surface area (Å²) in [5.41, 5.74) is 4.40. The van der Waals surface area contributed by atoms with Gasteiger partial charge in [0, 0.05) is 6.42 Å². The van der Waals surface area contributed by atoms with Gasteiger partial charge in [0.1, 0.15) is 12.2 Å². The van der Waals surface area contributed by atoms with E-state index in [1.807, 2.05) is 0 Å². The van der Waals surface area contributed by atoms with Gasteiger partial charge in [0.2, 0.25) is 5.75 Å². The smallest absolute Gasteiger partial charge is 0.351 e. The van der Waals surface area contributed by atoms with Gasteiger partial charge in [-0.15, -0.1) is 0 Å². The summed E-state index contributed by atoms with van der Waals surface area (Å²) >= 11 is 0. The van der Waals surface area contributed by atoms with Crippen molar-refractivity contribution in [2.45, 2.75) is 31.0 Å². The number of aliphatic hydroxyl groups is 2. The van der Waals surface area contributed by atoms with Crippen LogP contribution in [0.5, 0.6) is 17.2 Å². The molecule has 1 fully saturated rings. The number of nitrogens with zero attached hydrogens (tertiary/aromatic N) is 2. The first-order chi connectivity index (χ1) is 14.7. The van der Waals surface area contributed by atoms with Crippen LogP contribution in [0.25, 0.3) is 0 Å². The molecule has 1 aromatic heterocycles. The number of ether oxygens (including phenoxy) is 4. The minimum atomic E-state index is -1.62. The fourth-order valence-corrected chi connectivity index (χ4v) is 3.38. The maximum Gasteiger partial charge on any atom is 0.351 e. The Labute approximate surface area is 175 Å². The molecule has 31 heavy (non-hydrogen) atoms. The molecule has 0 radical (unpaired) electrons. The van der Waals surface area contributed by atoms with E-state index >= 15 is 0 Å². The quantitative estimate of drug-likeness (QED) is 0.497. The van der Waals surface area contributed by atoms with E-state index < -0.39 is 47.6 Å². The lowest BCUT2D eigenvalue weighted by Gasteiger charge is -2.18. The summed E-state index contributed by atoms with van der Waals surface area (Å²) in [4.78, 5) is 28.2. The Morgan fingerprint density at radius 2 is 1.87 bits per heavy atom. The van der Waals surface area contributed by atoms with E-state index in [2.05, 4.69) is 4.98 Å². The van der Waals surface area contributed by atoms with Crippen LogP contribution in [0.3, 0.4) is 0 Å². The van der Waals surface area contributed by atoms with Gasteiger partial charge in [-0.3, -0.25) is 9.36 Å². The third-order valence-electron chi connectivity index (χ3n) is 4.94. The maximum atomic E-state index is 13.7. The average molecular weight is 439 g/mol. The van der Waals surface area contributed by atoms with Gasteiger partial charge in [0.25, 0.3) is 0 Å². The first-order valence-electron chi connectivity index (χ1n) is 9.11. The zero-order valence-electron chi connectivity index (χ0n) is 16.9. The summed E-state index contributed by atoms with van der Waals surface area (Å²) in [6.07, 6.45) is -5.47. The first-order valence-corrected chi connectivity index (χ1v) is 9.11. The molecule has 2 aromatic rings. The Morgan fingerprint density at radius 3 is 2.48 bits per heavy atom. The predicted octanol–water partition coefficient (Wildman–Crippen LogP) is -0.117. The molecule has 1 saturated heterocycles. The second kappa shape index (κ2) is 8.88. The standard InChI is InChI=1S/C19H22FN3O8/c1-28-11-5-4-8(15(29-2)16(11)30-3)10(24)6-12-13(25)14(26)18(31-12)23-7-9(20)17(21)22-19(23)27/h4-5,7,12-14,18,25-26H,6H2,1-3H3,(H2,21,22,27)/t12-,13-,14-,18-/m1/s1. The zero-order chi connectivity index (χ0) is 22.9. The topological polar surface area (TPSA) is 155 Å². The number of nitrogens with two attached hydrogens (primary N) is 1. The van der Waals surface area contributed by atoms with Gasteiger partial charge in [0.05, 0.1) is 39.2 Å². The normalized spacial score (nSPS) is 22.9. The van der Waals surface area contributed by atoms with Gasteiger partial charge in [0.15, 0.2) is 35.1 Å². The number of rotatable bonds is 7. The number of aromatic nitrogens is 2. The summed E-state index contributed by atoms with van der Waals surface area (Å²) < 4.78 is 35.6. The molecule has 0 unspecified atom stereocenters. The van der Waals surface area contributed by atoms with Crippen LogP contribution < -0.4 is 25.6 Å². The number of aliphatic hydroxyl groups excluding tert-OH is 2. The molecule has 3 rings (SSSR count). The first kappa shape index (κ1) is 22.5. The molecular formula is C19H22FN3O8. The van der Waals surface area contributed by atoms with Crippen LogP contribution in [0.4, 0.5) is 10.2 Å². The number of ketones is 1. The lowest BCUT2D eigenvalue weighted by Crippen LogP contribution is -2.36. The molecular weight excluding hydrogens is 417 g/mol. The predicted molar refractivity (Wildman–Crippen MR) is 104 cm³/mol. The lowest BCUT2D eigenvalue weighted by atomic mass is 9.99. The number of Topliss-reactive ketones (excluding diaryl/α,β-unsaturated/α-hetero) is 1. The molecule has 4 N–H and O–H groups in total. The summed E-state index contributed by atoms with van der Waals surface area (Å²) in [5.74, 6) is -1.43. The molecule has 0 saturated carbocycles. The number of methoxy groups -OCH3 is 3. The second-order valence-electron chi connectivity index (χ2n) is 6.72. The number of hydrogen-bond donors (Lipinski definition) is 3. The van der Waals surface area contributed by atoms with Crippen LogP contribution in [0.2, 0.25) is 0 Å². The van der Waals surface area contributed by atoms with Crippen molar-refractivity contribution >= 4 is 11.6 Å². The number of carbonyl (C=O) groups excluding carboxylic acids is 1. The highest BCUT2D eigenvalue weighted by molar-refractivity contribution is 6.00. The van der Waals surface area contributed by atoms with Crippen molar-refractivity contribution < 1.29 is 38.3 Å². The molecule has 12 heteroatoms. The van der Waals surface area contributed by atoms with Crippen LogP contribution in [0.15, 0.2) is 23.1 Å². The Hall–Kier alpha value is -3.22. The van der Waals surface area contributed by atoms with Crippen molar-refractivity contribution in [1.29, 1.82) is 0 Å². The SMILES string of the molecule is COc1ccc(C(=O)C[C@H]2O[C@@H](n3cc(F)c(N)nc3=O)[C@H](O)[C@@H]2O)c(OC)c1OC. The molecule has 0 aliphatic carbocycles. The zero-order valence-corrected chi connectivity index (χ0v) is 16.9. The average Bonchev–Trinajstić information content (AvgIpc) is 3.03. The Bertz CT molecular complexity index is 1040. The molecule has 0 bridgehead atoms. The molecule has 0 spiro atoms. The van der Waals surface area contributed by atoms with Crippen molar-refractivity contribution in [1.82, 2.24) is 9.55 Å². The van der Waals surface area contributed by atoms with Gasteiger partial charge in [-0.05, 0) is 12.1 Å². The summed E-state index contributed by atoms with van der Waals surface area (Å²) in [5, 5.41) is 20.7. The van der Waals surface area contributed by atoms with Gasteiger partial charge in [-0.25, -0.2) is 9.18 Å². The molecule has 11 nitrogen and oxygen atoms in total. The second-order valence-corrected chi connectivity index (χ2v) is 6.72. The van der Waals surface area contributed by atoms with Crippen molar-refractivity contribution in [3.8, 4) is 17.2 Å². The van der Waals surface area contributed by atoms with E-state index in [1.54, 1.807) is 0 Å². The molecule has 168 valence electrons. The number of carbonyl (C=O) groups is 1. The highest BCUT2D eigenvalue weighted by Crippen LogP contribution is 2.41. The molecule has 2 heterocycles. The summed E-state index contributed by atoms with van der Waals surface area (Å²) in [6, 6.07) is 2.97. The fourth-order valence-electron chi connectivity index (χ4n) is 3.38. The Morgan fingerprint density at radius 1 is 1.19 bits per heavy atom. The number of hydrogen-bond acceptors (Lipinski definition) is 10. The fraction of sp³-hybridized carbons (Fsp3) is 0.421. The minimum Gasteiger partial charge on any atom is -0.493 e. The van der Waals surface area contributed by atoms with Crippen LogP contribution in [-0.4, -0.2) is 65.2 Å². The van der Waals surface area contributed by atoms with Crippen molar-refractivity contribution in [2.75, 3.05) is 27.1 Å². The number of nitrogen functional groups attached to an aromatic ring is 1. The molecule has 1 aliphatic heterocycles. The van der Waals surface area contributed by atoms with Crippen molar-refractivity contribution in [3.63, 3.8) is 0 Å². The van der Waals surface area contributed by atoms with Crippen LogP contribution >= 0.6 is 0 Å². The number of anilines is 1. The van der Waals surface area contributed by atoms with Gasteiger partial charge in [-0.1, -0.05) is 0 Å². The van der Waals surface area contributed by atoms with Gasteiger partial charge >= 0.3 is 5.69 Å². The summed E-state index contributed by atoms with van der Waals surface area (Å²) in [6.45, 7) is 0. The highest BCUT2D eigenvalue weighted by Gasteiger charge is 2.45. The molecule has 4 atom stereocenters. The molecule has 0 amide bonds. The van der Waals surface area contributed by atoms with Crippen LogP contribution in [-0.2, 0) is 4.74 Å². The lowest BCUT2D eigenvalue weighted by molar-refractivity contribution is -0.0401. The van der Waals surface area contributed by atoms with E-state index in [9.17, 15) is 24.2 Å². The van der Waals surface area contributed by atoms with E-state index in [0.717, 1.165) is 0 Å². The maximum absolute atomic E-state index is 13.7. The van der Waals surface area contributed by atoms with E-state index in [-0.39, 0.29) is 23.5 Å². The minimum absolute atomic E-state index is 0.123. The monoisotopic (exact) mass is 439 g/mol. The number of benzene rings is 1. The Kier molecular flexibility index (Phi) is 6.43. The largest absolute Gasteiger partial charge is 0.493 e.